The van der Waals surface area contributed by atoms with E-state index < -0.39 is 0 Å². The predicted molar refractivity (Wildman–Crippen MR) is 99.8 cm³/mol. The van der Waals surface area contributed by atoms with Crippen LogP contribution in [0.5, 0.6) is 0 Å². The highest BCUT2D eigenvalue weighted by Crippen LogP contribution is 2.41. The van der Waals surface area contributed by atoms with Crippen molar-refractivity contribution in [1.82, 2.24) is 14.8 Å². The summed E-state index contributed by atoms with van der Waals surface area (Å²) in [5, 5.41) is 8.80. The summed E-state index contributed by atoms with van der Waals surface area (Å²) in [4.78, 5) is 17.3. The number of ketones is 1. The Balaban J connectivity index is 1.83. The number of rotatable bonds is 4. The molecule has 2 heterocycles. The molecule has 25 heavy (non-hydrogen) atoms. The monoisotopic (exact) mass is 354 g/mol. The minimum Gasteiger partial charge on any atom is -0.328 e. The molecule has 1 aromatic heterocycles. The first-order valence-corrected chi connectivity index (χ1v) is 9.87. The number of anilines is 1. The highest BCUT2D eigenvalue weighted by atomic mass is 32.2. The van der Waals surface area contributed by atoms with Gasteiger partial charge in [-0.3, -0.25) is 4.79 Å². The summed E-state index contributed by atoms with van der Waals surface area (Å²) in [6.07, 6.45) is 4.54. The number of nitrogens with zero attached hydrogens (tertiary/aromatic N) is 3. The van der Waals surface area contributed by atoms with Gasteiger partial charge in [-0.25, -0.2) is 4.68 Å². The number of Topliss-reactive ketones (excluding diaryl/α,β-unsaturated/α-hetero) is 1. The van der Waals surface area contributed by atoms with Gasteiger partial charge in [0.2, 0.25) is 11.1 Å². The van der Waals surface area contributed by atoms with Crippen molar-refractivity contribution in [2.75, 3.05) is 11.1 Å². The van der Waals surface area contributed by atoms with Crippen LogP contribution in [-0.4, -0.2) is 26.3 Å². The molecule has 1 aliphatic heterocycles. The van der Waals surface area contributed by atoms with Crippen molar-refractivity contribution in [3.8, 4) is 0 Å². The van der Waals surface area contributed by atoms with Crippen LogP contribution < -0.4 is 5.32 Å². The summed E-state index contributed by atoms with van der Waals surface area (Å²) < 4.78 is 1.91. The van der Waals surface area contributed by atoms with Crippen LogP contribution in [-0.2, 0) is 11.2 Å². The fourth-order valence-electron chi connectivity index (χ4n) is 3.63. The number of nitrogens with one attached hydrogen (secondary N) is 1. The lowest BCUT2D eigenvalue weighted by Gasteiger charge is -2.36. The average Bonchev–Trinajstić information content (AvgIpc) is 3.02. The molecule has 0 saturated carbocycles. The molecule has 2 aliphatic rings. The zero-order valence-corrected chi connectivity index (χ0v) is 15.3. The fourth-order valence-corrected chi connectivity index (χ4v) is 4.18. The van der Waals surface area contributed by atoms with Gasteiger partial charge in [-0.05, 0) is 29.7 Å². The number of aryl methyl sites for hydroxylation is 1. The number of hydrogen-bond donors (Lipinski definition) is 1. The van der Waals surface area contributed by atoms with E-state index in [9.17, 15) is 4.79 Å². The van der Waals surface area contributed by atoms with Crippen LogP contribution in [0.1, 0.15) is 43.9 Å². The van der Waals surface area contributed by atoms with Crippen molar-refractivity contribution in [2.45, 2.75) is 44.3 Å². The summed E-state index contributed by atoms with van der Waals surface area (Å²) in [7, 11) is 0. The van der Waals surface area contributed by atoms with Gasteiger partial charge >= 0.3 is 0 Å². The van der Waals surface area contributed by atoms with Crippen molar-refractivity contribution < 1.29 is 4.79 Å². The lowest BCUT2D eigenvalue weighted by Crippen LogP contribution is -2.38. The molecule has 1 aromatic carbocycles. The van der Waals surface area contributed by atoms with Crippen LogP contribution in [0.15, 0.2) is 41.2 Å². The van der Waals surface area contributed by atoms with Gasteiger partial charge in [-0.1, -0.05) is 56.0 Å². The smallest absolute Gasteiger partial charge is 0.227 e. The second kappa shape index (κ2) is 6.67. The number of carbonyl (C=O) groups is 1. The molecule has 0 saturated heterocycles. The molecule has 1 N–H and O–H groups in total. The van der Waals surface area contributed by atoms with E-state index in [1.54, 1.807) is 11.8 Å². The topological polar surface area (TPSA) is 59.8 Å². The molecule has 0 unspecified atom stereocenters. The number of thioether (sulfide) groups is 1. The quantitative estimate of drug-likeness (QED) is 0.846. The van der Waals surface area contributed by atoms with E-state index in [4.69, 9.17) is 5.10 Å². The van der Waals surface area contributed by atoms with Gasteiger partial charge in [0.05, 0.1) is 12.0 Å². The van der Waals surface area contributed by atoms with Gasteiger partial charge in [0.1, 0.15) is 5.78 Å². The van der Waals surface area contributed by atoms with Gasteiger partial charge in [0.15, 0.2) is 0 Å². The van der Waals surface area contributed by atoms with Crippen LogP contribution in [0.2, 0.25) is 0 Å². The molecule has 0 amide bonds. The van der Waals surface area contributed by atoms with Crippen molar-refractivity contribution in [3.05, 3.63) is 47.2 Å². The second-order valence-corrected chi connectivity index (χ2v) is 7.63. The largest absolute Gasteiger partial charge is 0.328 e. The Hall–Kier alpha value is -2.08. The Bertz CT molecular complexity index is 824. The van der Waals surface area contributed by atoms with Crippen molar-refractivity contribution in [3.63, 3.8) is 0 Å². The Labute approximate surface area is 151 Å². The molecular weight excluding hydrogens is 332 g/mol. The molecule has 4 rings (SSSR count). The van der Waals surface area contributed by atoms with Gasteiger partial charge in [-0.15, -0.1) is 5.10 Å². The first-order chi connectivity index (χ1) is 12.2. The molecule has 0 radical (unpaired) electrons. The van der Waals surface area contributed by atoms with E-state index >= 15 is 0 Å². The first-order valence-electron chi connectivity index (χ1n) is 8.89. The molecule has 2 atom stereocenters. The number of benzene rings is 1. The lowest BCUT2D eigenvalue weighted by atomic mass is 9.80. The third kappa shape index (κ3) is 2.88. The molecular formula is C19H22N4OS. The molecule has 1 aliphatic carbocycles. The van der Waals surface area contributed by atoms with Crippen LogP contribution in [0.4, 0.5) is 5.95 Å². The van der Waals surface area contributed by atoms with Gasteiger partial charge in [0, 0.05) is 12.1 Å². The van der Waals surface area contributed by atoms with E-state index in [-0.39, 0.29) is 17.7 Å². The molecule has 6 heteroatoms. The summed E-state index contributed by atoms with van der Waals surface area (Å²) in [6.45, 7) is 4.24. The van der Waals surface area contributed by atoms with E-state index in [0.717, 1.165) is 41.0 Å². The highest BCUT2D eigenvalue weighted by molar-refractivity contribution is 7.99. The number of carbonyl (C=O) groups excluding carboxylic acids is 1. The highest BCUT2D eigenvalue weighted by Gasteiger charge is 2.41. The summed E-state index contributed by atoms with van der Waals surface area (Å²) >= 11 is 1.62. The predicted octanol–water partition coefficient (Wildman–Crippen LogP) is 3.83. The summed E-state index contributed by atoms with van der Waals surface area (Å²) in [5.41, 5.74) is 3.39. The van der Waals surface area contributed by atoms with E-state index in [1.165, 1.54) is 5.56 Å². The third-order valence-corrected chi connectivity index (χ3v) is 5.61. The molecule has 0 fully saturated rings. The molecule has 0 spiro atoms. The van der Waals surface area contributed by atoms with Crippen LogP contribution in [0, 0.1) is 5.92 Å². The van der Waals surface area contributed by atoms with Gasteiger partial charge < -0.3 is 5.32 Å². The average molecular weight is 354 g/mol. The van der Waals surface area contributed by atoms with Gasteiger partial charge in [0.25, 0.3) is 0 Å². The summed E-state index contributed by atoms with van der Waals surface area (Å²) in [5.74, 6) is 1.73. The molecule has 5 nitrogen and oxygen atoms in total. The van der Waals surface area contributed by atoms with E-state index in [0.29, 0.717) is 6.42 Å². The van der Waals surface area contributed by atoms with Gasteiger partial charge in [-0.2, -0.15) is 4.98 Å². The minimum absolute atomic E-state index is 0.125. The number of fused-ring (bicyclic) bond motifs is 2. The minimum atomic E-state index is -0.199. The van der Waals surface area contributed by atoms with E-state index in [1.807, 2.05) is 4.68 Å². The van der Waals surface area contributed by atoms with Crippen molar-refractivity contribution in [1.29, 1.82) is 0 Å². The van der Waals surface area contributed by atoms with E-state index in [2.05, 4.69) is 54.5 Å². The molecule has 0 bridgehead atoms. The summed E-state index contributed by atoms with van der Waals surface area (Å²) in [6, 6.07) is 8.43. The number of aromatic nitrogens is 3. The second-order valence-electron chi connectivity index (χ2n) is 6.40. The standard InChI is InChI=1S/C19H22N4OS/c1-3-12-8-10-13(11-9-12)17-16-14(6-5-7-15(16)24)20-18-21-19(25-4-2)22-23(17)18/h6,8-11,16-17H,3-5,7H2,1-2H3,(H,20,21,22)/t16-,17-/m0/s1. The third-order valence-electron chi connectivity index (χ3n) is 4.89. The Morgan fingerprint density at radius 3 is 2.80 bits per heavy atom. The van der Waals surface area contributed by atoms with Crippen LogP contribution >= 0.6 is 11.8 Å². The lowest BCUT2D eigenvalue weighted by molar-refractivity contribution is -0.123. The zero-order chi connectivity index (χ0) is 17.4. The number of hydrogen-bond acceptors (Lipinski definition) is 5. The normalized spacial score (nSPS) is 22.0. The number of allylic oxidation sites excluding steroid dienone is 2. The first kappa shape index (κ1) is 16.4. The Morgan fingerprint density at radius 2 is 2.08 bits per heavy atom. The molecule has 130 valence electrons. The fraction of sp³-hybridized carbons (Fsp3) is 0.421. The maximum absolute atomic E-state index is 12.7. The maximum atomic E-state index is 12.7. The van der Waals surface area contributed by atoms with Crippen LogP contribution in [0.25, 0.3) is 0 Å². The Morgan fingerprint density at radius 1 is 1.28 bits per heavy atom. The zero-order valence-electron chi connectivity index (χ0n) is 14.5. The van der Waals surface area contributed by atoms with Crippen LogP contribution in [0.3, 0.4) is 0 Å². The van der Waals surface area contributed by atoms with Crippen molar-refractivity contribution >= 4 is 23.5 Å². The molecule has 2 aromatic rings. The van der Waals surface area contributed by atoms with Crippen molar-refractivity contribution in [2.24, 2.45) is 5.92 Å². The SMILES string of the molecule is CCSc1nc2n(n1)[C@@H](c1ccc(CC)cc1)[C@@H]1C(=O)CCC=C1N2. The Kier molecular flexibility index (Phi) is 4.37. The maximum Gasteiger partial charge on any atom is 0.227 e.